The fraction of sp³-hybridized carbons (Fsp3) is 0.696. The molecule has 1 aliphatic heterocycles. The monoisotopic (exact) mass is 455 g/mol. The number of nitrogens with one attached hydrogen (secondary N) is 2. The minimum Gasteiger partial charge on any atom is -0.366 e. The van der Waals surface area contributed by atoms with Crippen LogP contribution < -0.4 is 10.9 Å². The maximum Gasteiger partial charge on any atom is 0.274 e. The van der Waals surface area contributed by atoms with E-state index >= 15 is 0 Å². The maximum absolute atomic E-state index is 12.7. The highest BCUT2D eigenvalue weighted by Gasteiger charge is 2.34. The Morgan fingerprint density at radius 3 is 2.55 bits per heavy atom. The van der Waals surface area contributed by atoms with Crippen LogP contribution in [0.5, 0.6) is 0 Å². The van der Waals surface area contributed by atoms with Gasteiger partial charge in [-0.15, -0.1) is 0 Å². The van der Waals surface area contributed by atoms with Gasteiger partial charge in [-0.05, 0) is 31.6 Å². The Bertz CT molecular complexity index is 1070. The molecule has 3 aliphatic rings. The molecule has 1 saturated heterocycles. The van der Waals surface area contributed by atoms with Gasteiger partial charge in [0.1, 0.15) is 11.2 Å². The Labute approximate surface area is 192 Å². The first-order valence-corrected chi connectivity index (χ1v) is 12.4. The highest BCUT2D eigenvalue weighted by Crippen LogP contribution is 2.31. The number of nitro groups is 1. The maximum atomic E-state index is 12.7. The quantitative estimate of drug-likeness (QED) is 0.485. The molecule has 2 aliphatic carbocycles. The molecule has 0 bridgehead atoms. The summed E-state index contributed by atoms with van der Waals surface area (Å²) in [6.45, 7) is 1.94. The summed E-state index contributed by atoms with van der Waals surface area (Å²) in [5.74, 6) is 1.81. The highest BCUT2D eigenvalue weighted by atomic mass is 16.6. The molecule has 0 unspecified atom stereocenters. The van der Waals surface area contributed by atoms with Gasteiger partial charge in [0.2, 0.25) is 0 Å². The van der Waals surface area contributed by atoms with Crippen LogP contribution in [0.3, 0.4) is 0 Å². The van der Waals surface area contributed by atoms with Crippen molar-refractivity contribution in [3.05, 3.63) is 44.5 Å². The first kappa shape index (κ1) is 21.9. The van der Waals surface area contributed by atoms with Crippen molar-refractivity contribution in [2.45, 2.75) is 76.2 Å². The average Bonchev–Trinajstić information content (AvgIpc) is 3.22. The van der Waals surface area contributed by atoms with Crippen molar-refractivity contribution < 1.29 is 4.92 Å². The van der Waals surface area contributed by atoms with Gasteiger partial charge in [0.05, 0.1) is 23.1 Å². The minimum absolute atomic E-state index is 0.0310. The highest BCUT2D eigenvalue weighted by molar-refractivity contribution is 5.73. The molecule has 0 amide bonds. The van der Waals surface area contributed by atoms with Gasteiger partial charge in [-0.3, -0.25) is 14.9 Å². The topological polar surface area (TPSA) is 122 Å². The van der Waals surface area contributed by atoms with E-state index < -0.39 is 4.92 Å². The summed E-state index contributed by atoms with van der Waals surface area (Å²) in [6.07, 6.45) is 14.6. The third kappa shape index (κ3) is 4.74. The molecule has 0 spiro atoms. The van der Waals surface area contributed by atoms with E-state index in [9.17, 15) is 14.9 Å². The second kappa shape index (κ2) is 9.52. The van der Waals surface area contributed by atoms with Crippen molar-refractivity contribution in [1.82, 2.24) is 30.0 Å². The van der Waals surface area contributed by atoms with E-state index in [1.165, 1.54) is 51.4 Å². The normalized spacial score (nSPS) is 21.3. The summed E-state index contributed by atoms with van der Waals surface area (Å²) in [5.41, 5.74) is 0.502. The lowest BCUT2D eigenvalue weighted by molar-refractivity contribution is -0.405. The molecule has 5 rings (SSSR count). The van der Waals surface area contributed by atoms with Crippen LogP contribution in [0.2, 0.25) is 0 Å². The third-order valence-corrected chi connectivity index (χ3v) is 7.54. The van der Waals surface area contributed by atoms with Crippen LogP contribution in [0.15, 0.2) is 23.0 Å². The molecular weight excluding hydrogens is 422 g/mol. The van der Waals surface area contributed by atoms with Crippen LogP contribution in [0.1, 0.15) is 82.0 Å². The van der Waals surface area contributed by atoms with E-state index in [1.54, 1.807) is 6.20 Å². The van der Waals surface area contributed by atoms with Gasteiger partial charge >= 0.3 is 0 Å². The lowest BCUT2D eigenvalue weighted by Crippen LogP contribution is -2.49. The zero-order valence-corrected chi connectivity index (χ0v) is 19.0. The Balaban J connectivity index is 1.29. The van der Waals surface area contributed by atoms with Crippen molar-refractivity contribution >= 4 is 11.0 Å². The van der Waals surface area contributed by atoms with Gasteiger partial charge in [0.25, 0.3) is 11.8 Å². The van der Waals surface area contributed by atoms with E-state index in [4.69, 9.17) is 4.98 Å². The van der Waals surface area contributed by atoms with Gasteiger partial charge < -0.3 is 15.2 Å². The van der Waals surface area contributed by atoms with Crippen LogP contribution in [0.25, 0.3) is 11.0 Å². The molecule has 3 heterocycles. The molecule has 2 N–H and O–H groups in total. The van der Waals surface area contributed by atoms with Crippen molar-refractivity contribution in [3.63, 3.8) is 0 Å². The molecule has 10 nitrogen and oxygen atoms in total. The minimum atomic E-state index is -0.397. The Kier molecular flexibility index (Phi) is 6.32. The standard InChI is InChI=1S/C23H33N7O3/c31-23-19-12-25-30(18-9-5-2-6-10-18)22(19)26-21(27-23)17-13-28(14-17)20(15-29(32)33)24-11-16-7-3-1-4-8-16/h12,15-18,24H,1-11,13-14H2,(H,26,27,31). The molecule has 178 valence electrons. The summed E-state index contributed by atoms with van der Waals surface area (Å²) in [6, 6.07) is 0.301. The van der Waals surface area contributed by atoms with E-state index in [0.717, 1.165) is 25.6 Å². The van der Waals surface area contributed by atoms with Gasteiger partial charge in [0.15, 0.2) is 11.5 Å². The van der Waals surface area contributed by atoms with Gasteiger partial charge in [0, 0.05) is 19.6 Å². The number of hydrogen-bond donors (Lipinski definition) is 2. The van der Waals surface area contributed by atoms with E-state index in [1.807, 2.05) is 9.58 Å². The number of likely N-dealkylation sites (tertiary alicyclic amines) is 1. The molecule has 3 fully saturated rings. The second-order valence-electron chi connectivity index (χ2n) is 9.86. The Morgan fingerprint density at radius 1 is 1.15 bits per heavy atom. The number of H-pyrrole nitrogens is 1. The lowest BCUT2D eigenvalue weighted by Gasteiger charge is -2.41. The first-order chi connectivity index (χ1) is 16.1. The number of aromatic nitrogens is 4. The van der Waals surface area contributed by atoms with E-state index in [0.29, 0.717) is 47.7 Å². The Hall–Kier alpha value is -2.91. The average molecular weight is 456 g/mol. The van der Waals surface area contributed by atoms with Crippen LogP contribution in [-0.4, -0.2) is 49.2 Å². The second-order valence-corrected chi connectivity index (χ2v) is 9.86. The third-order valence-electron chi connectivity index (χ3n) is 7.54. The van der Waals surface area contributed by atoms with Gasteiger partial charge in [-0.1, -0.05) is 38.5 Å². The van der Waals surface area contributed by atoms with Crippen molar-refractivity contribution in [2.75, 3.05) is 19.6 Å². The SMILES string of the molecule is O=c1[nH]c(C2CN(C(=C[N+](=O)[O-])NCC3CCCCC3)C2)nc2c1cnn2C1CCCCC1. The van der Waals surface area contributed by atoms with E-state index in [-0.39, 0.29) is 11.5 Å². The molecular formula is C23H33N7O3. The predicted octanol–water partition coefficient (Wildman–Crippen LogP) is 3.27. The summed E-state index contributed by atoms with van der Waals surface area (Å²) in [7, 11) is 0. The fourth-order valence-electron chi connectivity index (χ4n) is 5.57. The number of rotatable bonds is 7. The Morgan fingerprint density at radius 2 is 1.85 bits per heavy atom. The zero-order valence-electron chi connectivity index (χ0n) is 19.0. The van der Waals surface area contributed by atoms with Gasteiger partial charge in [-0.25, -0.2) is 9.67 Å². The molecule has 33 heavy (non-hydrogen) atoms. The van der Waals surface area contributed by atoms with Crippen LogP contribution >= 0.6 is 0 Å². The first-order valence-electron chi connectivity index (χ1n) is 12.4. The fourth-order valence-corrected chi connectivity index (χ4v) is 5.57. The summed E-state index contributed by atoms with van der Waals surface area (Å²) < 4.78 is 1.94. The van der Waals surface area contributed by atoms with Crippen LogP contribution in [-0.2, 0) is 0 Å². The lowest BCUT2D eigenvalue weighted by atomic mass is 9.89. The van der Waals surface area contributed by atoms with Crippen LogP contribution in [0, 0.1) is 16.0 Å². The number of fused-ring (bicyclic) bond motifs is 1. The van der Waals surface area contributed by atoms with Crippen LogP contribution in [0.4, 0.5) is 0 Å². The summed E-state index contributed by atoms with van der Waals surface area (Å²) >= 11 is 0. The number of nitrogens with zero attached hydrogens (tertiary/aromatic N) is 5. The van der Waals surface area contributed by atoms with Gasteiger partial charge in [-0.2, -0.15) is 5.10 Å². The van der Waals surface area contributed by atoms with E-state index in [2.05, 4.69) is 15.4 Å². The van der Waals surface area contributed by atoms with Crippen molar-refractivity contribution in [3.8, 4) is 0 Å². The van der Waals surface area contributed by atoms with Crippen molar-refractivity contribution in [1.29, 1.82) is 0 Å². The summed E-state index contributed by atoms with van der Waals surface area (Å²) in [4.78, 5) is 33.2. The number of hydrogen-bond acceptors (Lipinski definition) is 7. The number of aromatic amines is 1. The molecule has 10 heteroatoms. The molecule has 0 atom stereocenters. The molecule has 2 saturated carbocycles. The zero-order chi connectivity index (χ0) is 22.8. The molecule has 2 aromatic rings. The van der Waals surface area contributed by atoms with Crippen molar-refractivity contribution in [2.24, 2.45) is 5.92 Å². The molecule has 0 aromatic carbocycles. The summed E-state index contributed by atoms with van der Waals surface area (Å²) in [5, 5.41) is 19.6. The largest absolute Gasteiger partial charge is 0.366 e. The smallest absolute Gasteiger partial charge is 0.274 e. The molecule has 2 aromatic heterocycles. The molecule has 0 radical (unpaired) electrons. The predicted molar refractivity (Wildman–Crippen MR) is 124 cm³/mol.